The van der Waals surface area contributed by atoms with Gasteiger partial charge in [-0.3, -0.25) is 19.9 Å². The van der Waals surface area contributed by atoms with Crippen molar-refractivity contribution in [2.75, 3.05) is 26.4 Å². The van der Waals surface area contributed by atoms with E-state index in [9.17, 15) is 5.11 Å². The van der Waals surface area contributed by atoms with Crippen LogP contribution in [0.4, 0.5) is 0 Å². The molecule has 0 saturated carbocycles. The van der Waals surface area contributed by atoms with Gasteiger partial charge in [-0.2, -0.15) is 0 Å². The molecule has 0 bridgehead atoms. The Hall–Kier alpha value is -5.56. The van der Waals surface area contributed by atoms with Gasteiger partial charge < -0.3 is 24.1 Å². The molecule has 0 aliphatic carbocycles. The molecule has 2 saturated heterocycles. The van der Waals surface area contributed by atoms with E-state index in [4.69, 9.17) is 14.5 Å². The summed E-state index contributed by atoms with van der Waals surface area (Å²) in [4.78, 5) is 21.8. The third-order valence-electron chi connectivity index (χ3n) is 12.5. The number of H-pyrrole nitrogens is 1. The maximum atomic E-state index is 10.1. The van der Waals surface area contributed by atoms with Crippen molar-refractivity contribution in [2.45, 2.75) is 37.8 Å². The summed E-state index contributed by atoms with van der Waals surface area (Å²) in [7, 11) is 0. The topological polar surface area (TPSA) is 111 Å². The van der Waals surface area contributed by atoms with E-state index < -0.39 is 0 Å². The molecule has 63 heavy (non-hydrogen) atoms. The van der Waals surface area contributed by atoms with Gasteiger partial charge in [0, 0.05) is 87.2 Å². The van der Waals surface area contributed by atoms with E-state index in [1.807, 2.05) is 79.4 Å². The average Bonchev–Trinajstić information content (AvgIpc) is 3.88. The molecule has 0 amide bonds. The summed E-state index contributed by atoms with van der Waals surface area (Å²) in [5.74, 6) is 0.865. The van der Waals surface area contributed by atoms with E-state index in [1.54, 1.807) is 0 Å². The number of aromatic nitrogens is 6. The first-order chi connectivity index (χ1) is 31.0. The molecule has 11 heteroatoms. The molecule has 316 valence electrons. The molecule has 2 fully saturated rings. The van der Waals surface area contributed by atoms with Crippen molar-refractivity contribution in [1.29, 1.82) is 0 Å². The molecular formula is C52H46Br2N6O3. The van der Waals surface area contributed by atoms with Crippen LogP contribution in [0.5, 0.6) is 0 Å². The summed E-state index contributed by atoms with van der Waals surface area (Å²) in [6.07, 6.45) is 11.1. The number of halogens is 2. The first-order valence-corrected chi connectivity index (χ1v) is 23.2. The Morgan fingerprint density at radius 2 is 1.13 bits per heavy atom. The summed E-state index contributed by atoms with van der Waals surface area (Å²) >= 11 is 7.11. The lowest BCUT2D eigenvalue weighted by Crippen LogP contribution is -2.26. The highest BCUT2D eigenvalue weighted by Gasteiger charge is 2.30. The monoisotopic (exact) mass is 960 g/mol. The Kier molecular flexibility index (Phi) is 12.3. The van der Waals surface area contributed by atoms with Crippen LogP contribution < -0.4 is 0 Å². The van der Waals surface area contributed by atoms with Crippen LogP contribution in [-0.2, 0) is 9.47 Å². The molecule has 2 aliphatic rings. The predicted octanol–water partition coefficient (Wildman–Crippen LogP) is 12.7. The fourth-order valence-electron chi connectivity index (χ4n) is 9.48. The van der Waals surface area contributed by atoms with Crippen LogP contribution in [0, 0.1) is 11.8 Å². The van der Waals surface area contributed by atoms with Crippen LogP contribution in [0.25, 0.3) is 65.7 Å². The van der Waals surface area contributed by atoms with Gasteiger partial charge in [0.25, 0.3) is 0 Å². The molecule has 12 rings (SSSR count). The standard InChI is InChI=1S/C26H22BrN3O.C14H8BrN3.C12H16O2/c27-19-15-23-25(29-16-19)24-20-7-4-12-28-21(20)8-9-22(24)30(23)26(17-5-2-1-3-6-17)18-10-13-31-14-11-18;15-8-6-12-14(17-7-8)13-9-2-1-5-16-10(9)3-4-11(13)18-12;13-12(10-4-2-1-3-5-10)11-6-8-14-9-7-11/h1-9,12,15-16,18,26H,10-11,13-14H2;1-7,18H;1-5,11-13H,6-9H2/t26-;;12-/m1.0/s1. The van der Waals surface area contributed by atoms with Crippen LogP contribution in [0.15, 0.2) is 155 Å². The number of hydrogen-bond donors (Lipinski definition) is 2. The lowest BCUT2D eigenvalue weighted by molar-refractivity contribution is 0.00719. The minimum absolute atomic E-state index is 0.218. The molecule has 0 radical (unpaired) electrons. The maximum absolute atomic E-state index is 10.1. The quantitative estimate of drug-likeness (QED) is 0.177. The minimum atomic E-state index is -0.319. The van der Waals surface area contributed by atoms with Crippen molar-refractivity contribution in [1.82, 2.24) is 29.5 Å². The molecule has 10 aromatic rings. The lowest BCUT2D eigenvalue weighted by Gasteiger charge is -2.33. The Morgan fingerprint density at radius 3 is 1.79 bits per heavy atom. The normalized spacial score (nSPS) is 15.9. The fraction of sp³-hybridized carbons (Fsp3) is 0.231. The van der Waals surface area contributed by atoms with E-state index >= 15 is 0 Å². The number of pyridine rings is 4. The largest absolute Gasteiger partial charge is 0.388 e. The molecule has 2 atom stereocenters. The van der Waals surface area contributed by atoms with Crippen molar-refractivity contribution in [2.24, 2.45) is 11.8 Å². The van der Waals surface area contributed by atoms with Gasteiger partial charge in [0.2, 0.25) is 0 Å². The van der Waals surface area contributed by atoms with Crippen molar-refractivity contribution in [3.05, 3.63) is 166 Å². The van der Waals surface area contributed by atoms with Crippen LogP contribution in [0.2, 0.25) is 0 Å². The van der Waals surface area contributed by atoms with Crippen LogP contribution in [-0.4, -0.2) is 61.0 Å². The number of nitrogens with zero attached hydrogens (tertiary/aromatic N) is 5. The number of aliphatic hydroxyl groups excluding tert-OH is 1. The second kappa shape index (κ2) is 18.7. The molecule has 2 N–H and O–H groups in total. The highest BCUT2D eigenvalue weighted by atomic mass is 79.9. The minimum Gasteiger partial charge on any atom is -0.388 e. The number of hydrogen-bond acceptors (Lipinski definition) is 7. The van der Waals surface area contributed by atoms with Crippen LogP contribution in [0.1, 0.15) is 49.0 Å². The number of nitrogens with one attached hydrogen (secondary N) is 1. The maximum Gasteiger partial charge on any atom is 0.0967 e. The van der Waals surface area contributed by atoms with E-state index in [0.717, 1.165) is 121 Å². The molecule has 0 spiro atoms. The Morgan fingerprint density at radius 1 is 0.556 bits per heavy atom. The first kappa shape index (κ1) is 41.5. The van der Waals surface area contributed by atoms with E-state index in [0.29, 0.717) is 11.8 Å². The van der Waals surface area contributed by atoms with Crippen molar-refractivity contribution >= 4 is 97.5 Å². The molecular weight excluding hydrogens is 916 g/mol. The Bertz CT molecular complexity index is 3170. The number of fused-ring (bicyclic) bond motifs is 10. The molecule has 0 unspecified atom stereocenters. The summed E-state index contributed by atoms with van der Waals surface area (Å²) in [5, 5.41) is 14.7. The third-order valence-corrected chi connectivity index (χ3v) is 13.4. The smallest absolute Gasteiger partial charge is 0.0967 e. The summed E-state index contributed by atoms with van der Waals surface area (Å²) in [6.45, 7) is 3.21. The van der Waals surface area contributed by atoms with E-state index in [-0.39, 0.29) is 12.1 Å². The summed E-state index contributed by atoms with van der Waals surface area (Å²) < 4.78 is 15.5. The second-order valence-corrected chi connectivity index (χ2v) is 18.1. The lowest BCUT2D eigenvalue weighted by atomic mass is 9.86. The van der Waals surface area contributed by atoms with Gasteiger partial charge in [-0.15, -0.1) is 0 Å². The number of benzene rings is 4. The molecule has 4 aromatic carbocycles. The SMILES string of the molecule is Brc1cnc2c(c1)[nH]c1ccc3ncccc3c12.Brc1cnc2c3c4cccnc4ccc3n([C@H](c3ccccc3)C3CCOCC3)c2c1.O[C@@H](c1ccccc1)C1CCOCC1. The van der Waals surface area contributed by atoms with E-state index in [2.05, 4.69) is 123 Å². The van der Waals surface area contributed by atoms with Gasteiger partial charge in [-0.05, 0) is 129 Å². The third kappa shape index (κ3) is 8.48. The predicted molar refractivity (Wildman–Crippen MR) is 260 cm³/mol. The van der Waals surface area contributed by atoms with Gasteiger partial charge in [0.1, 0.15) is 0 Å². The second-order valence-electron chi connectivity index (χ2n) is 16.3. The Labute approximate surface area is 381 Å². The average molecular weight is 963 g/mol. The summed E-state index contributed by atoms with van der Waals surface area (Å²) in [5.41, 5.74) is 10.9. The molecule has 8 heterocycles. The van der Waals surface area contributed by atoms with Gasteiger partial charge in [0.15, 0.2) is 0 Å². The number of ether oxygens (including phenoxy) is 2. The van der Waals surface area contributed by atoms with Gasteiger partial charge >= 0.3 is 0 Å². The van der Waals surface area contributed by atoms with E-state index in [1.165, 1.54) is 16.5 Å². The van der Waals surface area contributed by atoms with Crippen molar-refractivity contribution in [3.8, 4) is 0 Å². The highest BCUT2D eigenvalue weighted by Crippen LogP contribution is 2.42. The van der Waals surface area contributed by atoms with Gasteiger partial charge in [0.05, 0.1) is 50.8 Å². The van der Waals surface area contributed by atoms with Gasteiger partial charge in [-0.1, -0.05) is 72.8 Å². The molecule has 9 nitrogen and oxygen atoms in total. The number of rotatable bonds is 5. The zero-order valence-corrected chi connectivity index (χ0v) is 37.8. The summed E-state index contributed by atoms with van der Waals surface area (Å²) in [6, 6.07) is 41.9. The molecule has 2 aliphatic heterocycles. The van der Waals surface area contributed by atoms with Crippen molar-refractivity contribution in [3.63, 3.8) is 0 Å². The number of aromatic amines is 1. The highest BCUT2D eigenvalue weighted by molar-refractivity contribution is 9.10. The van der Waals surface area contributed by atoms with Crippen LogP contribution >= 0.6 is 31.9 Å². The fourth-order valence-corrected chi connectivity index (χ4v) is 10.1. The van der Waals surface area contributed by atoms with Gasteiger partial charge in [-0.25, -0.2) is 0 Å². The number of aliphatic hydroxyl groups is 1. The zero-order chi connectivity index (χ0) is 42.7. The Balaban J connectivity index is 0.000000124. The first-order valence-electron chi connectivity index (χ1n) is 21.6. The molecule has 6 aromatic heterocycles. The zero-order valence-electron chi connectivity index (χ0n) is 34.6. The van der Waals surface area contributed by atoms with Crippen molar-refractivity contribution < 1.29 is 14.6 Å². The van der Waals surface area contributed by atoms with Crippen LogP contribution in [0.3, 0.4) is 0 Å².